The van der Waals surface area contributed by atoms with Gasteiger partial charge in [-0.25, -0.2) is 4.79 Å². The van der Waals surface area contributed by atoms with Crippen LogP contribution in [0, 0.1) is 20.8 Å². The van der Waals surface area contributed by atoms with E-state index in [2.05, 4.69) is 5.32 Å². The number of aryl methyl sites for hydroxylation is 3. The lowest BCUT2D eigenvalue weighted by molar-refractivity contribution is -0.116. The Morgan fingerprint density at radius 1 is 0.967 bits per heavy atom. The molecule has 0 aliphatic carbocycles. The molecule has 0 unspecified atom stereocenters. The number of rotatable bonds is 4. The topological polar surface area (TPSA) is 72.5 Å². The third kappa shape index (κ3) is 3.71. The SMILES string of the molecule is Cc1oc2cc3oc(=O)c(CCC(=O)Nc4cc(Cl)ccc4Cl)c(C)c3cc2c1C. The molecule has 2 aromatic carbocycles. The van der Waals surface area contributed by atoms with Crippen molar-refractivity contribution >= 4 is 56.7 Å². The van der Waals surface area contributed by atoms with Crippen molar-refractivity contribution in [2.24, 2.45) is 0 Å². The Bertz CT molecular complexity index is 1370. The lowest BCUT2D eigenvalue weighted by Crippen LogP contribution is -2.16. The summed E-state index contributed by atoms with van der Waals surface area (Å²) in [6, 6.07) is 8.56. The standard InChI is InChI=1S/C23H19Cl2NO4/c1-11-13(3)29-20-10-21-17(9-16(11)20)12(2)15(23(28)30-21)5-7-22(27)26-19-8-14(24)4-6-18(19)25/h4,6,8-10H,5,7H2,1-3H3,(H,26,27). The van der Waals surface area contributed by atoms with Gasteiger partial charge >= 0.3 is 5.63 Å². The number of fused-ring (bicyclic) bond motifs is 2. The van der Waals surface area contributed by atoms with E-state index in [0.717, 1.165) is 27.7 Å². The highest BCUT2D eigenvalue weighted by Crippen LogP contribution is 2.31. The van der Waals surface area contributed by atoms with Crippen LogP contribution in [-0.4, -0.2) is 5.91 Å². The van der Waals surface area contributed by atoms with Crippen molar-refractivity contribution in [3.8, 4) is 0 Å². The van der Waals surface area contributed by atoms with Gasteiger partial charge in [-0.15, -0.1) is 0 Å². The summed E-state index contributed by atoms with van der Waals surface area (Å²) < 4.78 is 11.3. The molecule has 0 saturated carbocycles. The zero-order valence-corrected chi connectivity index (χ0v) is 18.2. The number of amides is 1. The Balaban J connectivity index is 1.63. The van der Waals surface area contributed by atoms with Crippen molar-refractivity contribution in [1.29, 1.82) is 0 Å². The average Bonchev–Trinajstić information content (AvgIpc) is 2.96. The molecule has 5 nitrogen and oxygen atoms in total. The highest BCUT2D eigenvalue weighted by molar-refractivity contribution is 6.35. The number of carbonyl (C=O) groups is 1. The number of carbonyl (C=O) groups excluding carboxylic acids is 1. The molecule has 1 N–H and O–H groups in total. The number of benzene rings is 2. The molecule has 0 aliphatic rings. The first-order valence-electron chi connectivity index (χ1n) is 9.45. The molecule has 0 bridgehead atoms. The fourth-order valence-corrected chi connectivity index (χ4v) is 3.90. The molecule has 7 heteroatoms. The Labute approximate surface area is 182 Å². The molecule has 0 saturated heterocycles. The summed E-state index contributed by atoms with van der Waals surface area (Å²) in [7, 11) is 0. The Morgan fingerprint density at radius 3 is 2.43 bits per heavy atom. The minimum Gasteiger partial charge on any atom is -0.461 e. The summed E-state index contributed by atoms with van der Waals surface area (Å²) in [5, 5.41) is 5.41. The van der Waals surface area contributed by atoms with E-state index in [4.69, 9.17) is 32.0 Å². The highest BCUT2D eigenvalue weighted by Gasteiger charge is 2.16. The van der Waals surface area contributed by atoms with Crippen LogP contribution in [0.25, 0.3) is 21.9 Å². The minimum absolute atomic E-state index is 0.103. The molecule has 0 aliphatic heterocycles. The van der Waals surface area contributed by atoms with Gasteiger partial charge in [0.05, 0.1) is 10.7 Å². The van der Waals surface area contributed by atoms with Crippen LogP contribution in [0.4, 0.5) is 5.69 Å². The predicted octanol–water partition coefficient (Wildman–Crippen LogP) is 6.34. The molecule has 2 aromatic heterocycles. The maximum absolute atomic E-state index is 12.6. The molecule has 4 rings (SSSR count). The fraction of sp³-hybridized carbons (Fsp3) is 0.217. The van der Waals surface area contributed by atoms with E-state index in [9.17, 15) is 9.59 Å². The fourth-order valence-electron chi connectivity index (χ4n) is 3.56. The van der Waals surface area contributed by atoms with E-state index in [1.165, 1.54) is 0 Å². The first-order valence-corrected chi connectivity index (χ1v) is 10.2. The molecule has 0 atom stereocenters. The van der Waals surface area contributed by atoms with Gasteiger partial charge in [-0.1, -0.05) is 23.2 Å². The summed E-state index contributed by atoms with van der Waals surface area (Å²) in [5.41, 5.74) is 3.47. The lowest BCUT2D eigenvalue weighted by Gasteiger charge is -2.10. The maximum Gasteiger partial charge on any atom is 0.339 e. The zero-order valence-electron chi connectivity index (χ0n) is 16.7. The molecular weight excluding hydrogens is 425 g/mol. The van der Waals surface area contributed by atoms with Gasteiger partial charge in [-0.2, -0.15) is 0 Å². The molecule has 0 spiro atoms. The summed E-state index contributed by atoms with van der Waals surface area (Å²) in [5.74, 6) is 0.562. The normalized spacial score (nSPS) is 11.4. The van der Waals surface area contributed by atoms with Crippen molar-refractivity contribution in [2.45, 2.75) is 33.6 Å². The van der Waals surface area contributed by atoms with Crippen molar-refractivity contribution in [3.05, 3.63) is 73.2 Å². The second-order valence-electron chi connectivity index (χ2n) is 7.29. The van der Waals surface area contributed by atoms with Gasteiger partial charge in [0.25, 0.3) is 0 Å². The van der Waals surface area contributed by atoms with Gasteiger partial charge in [-0.3, -0.25) is 4.79 Å². The minimum atomic E-state index is -0.451. The van der Waals surface area contributed by atoms with Crippen LogP contribution in [0.3, 0.4) is 0 Å². The van der Waals surface area contributed by atoms with Crippen LogP contribution in [0.15, 0.2) is 44.0 Å². The van der Waals surface area contributed by atoms with Crippen molar-refractivity contribution in [3.63, 3.8) is 0 Å². The van der Waals surface area contributed by atoms with E-state index in [1.54, 1.807) is 24.3 Å². The monoisotopic (exact) mass is 443 g/mol. The highest BCUT2D eigenvalue weighted by atomic mass is 35.5. The van der Waals surface area contributed by atoms with Crippen LogP contribution in [0.2, 0.25) is 10.0 Å². The van der Waals surface area contributed by atoms with Crippen LogP contribution >= 0.6 is 23.2 Å². The van der Waals surface area contributed by atoms with E-state index in [0.29, 0.717) is 32.5 Å². The summed E-state index contributed by atoms with van der Waals surface area (Å²) in [6.45, 7) is 5.77. The zero-order chi connectivity index (χ0) is 21.6. The van der Waals surface area contributed by atoms with E-state index >= 15 is 0 Å². The molecule has 154 valence electrons. The molecule has 0 radical (unpaired) electrons. The molecule has 30 heavy (non-hydrogen) atoms. The first kappa shape index (κ1) is 20.5. The lowest BCUT2D eigenvalue weighted by atomic mass is 10.0. The number of nitrogens with one attached hydrogen (secondary N) is 1. The number of hydrogen-bond donors (Lipinski definition) is 1. The second-order valence-corrected chi connectivity index (χ2v) is 8.14. The number of hydrogen-bond acceptors (Lipinski definition) is 4. The smallest absolute Gasteiger partial charge is 0.339 e. The molecule has 0 fully saturated rings. The van der Waals surface area contributed by atoms with Crippen molar-refractivity contribution < 1.29 is 13.6 Å². The van der Waals surface area contributed by atoms with Gasteiger partial charge in [0, 0.05) is 33.8 Å². The third-order valence-electron chi connectivity index (χ3n) is 5.39. The molecule has 4 aromatic rings. The quantitative estimate of drug-likeness (QED) is 0.373. The van der Waals surface area contributed by atoms with Gasteiger partial charge in [0.2, 0.25) is 5.91 Å². The Morgan fingerprint density at radius 2 is 1.67 bits per heavy atom. The van der Waals surface area contributed by atoms with Crippen LogP contribution in [-0.2, 0) is 11.2 Å². The Kier molecular flexibility index (Phi) is 5.35. The van der Waals surface area contributed by atoms with Gasteiger partial charge in [0.15, 0.2) is 0 Å². The number of furan rings is 1. The summed E-state index contributed by atoms with van der Waals surface area (Å²) in [6.07, 6.45) is 0.349. The maximum atomic E-state index is 12.6. The summed E-state index contributed by atoms with van der Waals surface area (Å²) in [4.78, 5) is 25.0. The van der Waals surface area contributed by atoms with Gasteiger partial charge < -0.3 is 14.2 Å². The summed E-state index contributed by atoms with van der Waals surface area (Å²) >= 11 is 12.0. The molecule has 1 amide bonds. The first-order chi connectivity index (χ1) is 14.2. The van der Waals surface area contributed by atoms with E-state index < -0.39 is 5.63 Å². The Hall–Kier alpha value is -2.76. The number of halogens is 2. The number of anilines is 1. The second kappa shape index (κ2) is 7.82. The molecular formula is C23H19Cl2NO4. The third-order valence-corrected chi connectivity index (χ3v) is 5.95. The van der Waals surface area contributed by atoms with Crippen LogP contribution < -0.4 is 10.9 Å². The van der Waals surface area contributed by atoms with Gasteiger partial charge in [0.1, 0.15) is 16.9 Å². The van der Waals surface area contributed by atoms with Crippen molar-refractivity contribution in [2.75, 3.05) is 5.32 Å². The predicted molar refractivity (Wildman–Crippen MR) is 120 cm³/mol. The van der Waals surface area contributed by atoms with Crippen LogP contribution in [0.1, 0.15) is 28.9 Å². The largest absolute Gasteiger partial charge is 0.461 e. The van der Waals surface area contributed by atoms with E-state index in [1.807, 2.05) is 26.8 Å². The average molecular weight is 444 g/mol. The van der Waals surface area contributed by atoms with Crippen LogP contribution in [0.5, 0.6) is 0 Å². The van der Waals surface area contributed by atoms with E-state index in [-0.39, 0.29) is 18.7 Å². The van der Waals surface area contributed by atoms with Gasteiger partial charge in [-0.05, 0) is 62.6 Å². The van der Waals surface area contributed by atoms with Crippen molar-refractivity contribution in [1.82, 2.24) is 0 Å². The molecule has 2 heterocycles.